The van der Waals surface area contributed by atoms with Gasteiger partial charge in [-0.25, -0.2) is 4.79 Å². The van der Waals surface area contributed by atoms with Crippen molar-refractivity contribution >= 4 is 23.3 Å². The first kappa shape index (κ1) is 20.1. The number of nitrogens with one attached hydrogen (secondary N) is 2. The van der Waals surface area contributed by atoms with Crippen LogP contribution in [0.2, 0.25) is 0 Å². The Kier molecular flexibility index (Phi) is 6.58. The Labute approximate surface area is 169 Å². The lowest BCUT2D eigenvalue weighted by atomic mass is 10.1. The van der Waals surface area contributed by atoms with Crippen LogP contribution in [0.4, 0.5) is 11.4 Å². The fraction of sp³-hybridized carbons (Fsp3) is 0.174. The SMILES string of the molecule is CCOC(=O)c1ccc(Nc2ccnc(C(=O)NCc3ccccc3C)c2)cc1. The second-order valence-corrected chi connectivity index (χ2v) is 6.46. The smallest absolute Gasteiger partial charge is 0.338 e. The minimum Gasteiger partial charge on any atom is -0.462 e. The van der Waals surface area contributed by atoms with Crippen LogP contribution in [-0.2, 0) is 11.3 Å². The van der Waals surface area contributed by atoms with Crippen molar-refractivity contribution in [2.75, 3.05) is 11.9 Å². The topological polar surface area (TPSA) is 80.3 Å². The first-order chi connectivity index (χ1) is 14.1. The number of carbonyl (C=O) groups is 2. The number of hydrogen-bond acceptors (Lipinski definition) is 5. The van der Waals surface area contributed by atoms with Gasteiger partial charge in [0.05, 0.1) is 12.2 Å². The van der Waals surface area contributed by atoms with Crippen molar-refractivity contribution in [3.8, 4) is 0 Å². The summed E-state index contributed by atoms with van der Waals surface area (Å²) in [5, 5.41) is 6.11. The molecular formula is C23H23N3O3. The molecule has 0 saturated heterocycles. The third-order valence-corrected chi connectivity index (χ3v) is 4.38. The maximum absolute atomic E-state index is 12.5. The van der Waals surface area contributed by atoms with Gasteiger partial charge in [0.25, 0.3) is 5.91 Å². The lowest BCUT2D eigenvalue weighted by Gasteiger charge is -2.10. The van der Waals surface area contributed by atoms with Crippen molar-refractivity contribution in [2.45, 2.75) is 20.4 Å². The van der Waals surface area contributed by atoms with Crippen molar-refractivity contribution in [1.29, 1.82) is 0 Å². The van der Waals surface area contributed by atoms with Crippen LogP contribution in [0.25, 0.3) is 0 Å². The molecule has 1 aromatic heterocycles. The molecule has 0 saturated carbocycles. The second-order valence-electron chi connectivity index (χ2n) is 6.46. The summed E-state index contributed by atoms with van der Waals surface area (Å²) in [5.74, 6) is -0.592. The van der Waals surface area contributed by atoms with E-state index in [4.69, 9.17) is 4.74 Å². The lowest BCUT2D eigenvalue weighted by Crippen LogP contribution is -2.24. The Morgan fingerprint density at radius 1 is 1.00 bits per heavy atom. The Hall–Kier alpha value is -3.67. The highest BCUT2D eigenvalue weighted by molar-refractivity contribution is 5.93. The number of ether oxygens (including phenoxy) is 1. The summed E-state index contributed by atoms with van der Waals surface area (Å²) in [6.07, 6.45) is 1.58. The number of aromatic nitrogens is 1. The van der Waals surface area contributed by atoms with E-state index >= 15 is 0 Å². The molecule has 0 radical (unpaired) electrons. The monoisotopic (exact) mass is 389 g/mol. The highest BCUT2D eigenvalue weighted by Gasteiger charge is 2.09. The van der Waals surface area contributed by atoms with Crippen LogP contribution in [0.15, 0.2) is 66.9 Å². The Bertz CT molecular complexity index is 1000. The molecule has 3 rings (SSSR count). The standard InChI is InChI=1S/C23H23N3O3/c1-3-29-23(28)17-8-10-19(11-9-17)26-20-12-13-24-21(14-20)22(27)25-15-18-7-5-4-6-16(18)2/h4-14H,3,15H2,1-2H3,(H,24,26)(H,25,27). The molecule has 0 fully saturated rings. The summed E-state index contributed by atoms with van der Waals surface area (Å²) in [7, 11) is 0. The van der Waals surface area contributed by atoms with E-state index in [0.29, 0.717) is 24.4 Å². The number of hydrogen-bond donors (Lipinski definition) is 2. The van der Waals surface area contributed by atoms with E-state index in [1.165, 1.54) is 0 Å². The van der Waals surface area contributed by atoms with Crippen LogP contribution < -0.4 is 10.6 Å². The van der Waals surface area contributed by atoms with E-state index in [1.807, 2.05) is 31.2 Å². The van der Waals surface area contributed by atoms with Crippen LogP contribution in [-0.4, -0.2) is 23.5 Å². The van der Waals surface area contributed by atoms with Gasteiger partial charge in [0.15, 0.2) is 0 Å². The van der Waals surface area contributed by atoms with Gasteiger partial charge in [-0.05, 0) is 61.4 Å². The van der Waals surface area contributed by atoms with Gasteiger partial charge in [-0.15, -0.1) is 0 Å². The first-order valence-corrected chi connectivity index (χ1v) is 9.40. The van der Waals surface area contributed by atoms with Crippen LogP contribution >= 0.6 is 0 Å². The normalized spacial score (nSPS) is 10.3. The molecule has 148 valence electrons. The van der Waals surface area contributed by atoms with E-state index in [1.54, 1.807) is 49.5 Å². The average Bonchev–Trinajstić information content (AvgIpc) is 2.74. The number of nitrogens with zero attached hydrogens (tertiary/aromatic N) is 1. The predicted molar refractivity (Wildman–Crippen MR) is 112 cm³/mol. The van der Waals surface area contributed by atoms with Crippen LogP contribution in [0.1, 0.15) is 38.9 Å². The van der Waals surface area contributed by atoms with Crippen molar-refractivity contribution in [3.63, 3.8) is 0 Å². The summed E-state index contributed by atoms with van der Waals surface area (Å²) in [4.78, 5) is 28.3. The van der Waals surface area contributed by atoms with Crippen LogP contribution in [0, 0.1) is 6.92 Å². The maximum Gasteiger partial charge on any atom is 0.338 e. The molecule has 0 aliphatic rings. The molecule has 0 aliphatic carbocycles. The molecule has 29 heavy (non-hydrogen) atoms. The first-order valence-electron chi connectivity index (χ1n) is 9.40. The summed E-state index contributed by atoms with van der Waals surface area (Å²) >= 11 is 0. The van der Waals surface area contributed by atoms with Gasteiger partial charge in [0, 0.05) is 24.1 Å². The Morgan fingerprint density at radius 2 is 1.76 bits per heavy atom. The summed E-state index contributed by atoms with van der Waals surface area (Å²) in [6.45, 7) is 4.56. The van der Waals surface area contributed by atoms with E-state index in [9.17, 15) is 9.59 Å². The zero-order chi connectivity index (χ0) is 20.6. The van der Waals surface area contributed by atoms with Gasteiger partial charge in [-0.3, -0.25) is 9.78 Å². The summed E-state index contributed by atoms with van der Waals surface area (Å²) < 4.78 is 4.98. The Balaban J connectivity index is 1.64. The van der Waals surface area contributed by atoms with Crippen LogP contribution in [0.3, 0.4) is 0 Å². The number of benzene rings is 2. The molecule has 0 spiro atoms. The molecule has 0 unspecified atom stereocenters. The van der Waals surface area contributed by atoms with Gasteiger partial charge in [0.2, 0.25) is 0 Å². The van der Waals surface area contributed by atoms with Crippen molar-refractivity contribution < 1.29 is 14.3 Å². The Morgan fingerprint density at radius 3 is 2.48 bits per heavy atom. The van der Waals surface area contributed by atoms with Crippen molar-refractivity contribution in [3.05, 3.63) is 89.2 Å². The molecule has 2 N–H and O–H groups in total. The molecule has 6 nitrogen and oxygen atoms in total. The zero-order valence-corrected chi connectivity index (χ0v) is 16.4. The lowest BCUT2D eigenvalue weighted by molar-refractivity contribution is 0.0526. The van der Waals surface area contributed by atoms with Gasteiger partial charge in [-0.2, -0.15) is 0 Å². The molecule has 1 heterocycles. The number of rotatable bonds is 7. The minimum atomic E-state index is -0.351. The van der Waals surface area contributed by atoms with Gasteiger partial charge in [0.1, 0.15) is 5.69 Å². The second kappa shape index (κ2) is 9.50. The molecule has 6 heteroatoms. The third-order valence-electron chi connectivity index (χ3n) is 4.38. The number of anilines is 2. The van der Waals surface area contributed by atoms with E-state index in [-0.39, 0.29) is 11.9 Å². The van der Waals surface area contributed by atoms with Gasteiger partial charge < -0.3 is 15.4 Å². The van der Waals surface area contributed by atoms with Crippen molar-refractivity contribution in [1.82, 2.24) is 10.3 Å². The van der Waals surface area contributed by atoms with E-state index < -0.39 is 0 Å². The molecular weight excluding hydrogens is 366 g/mol. The number of aryl methyl sites for hydroxylation is 1. The minimum absolute atomic E-state index is 0.241. The zero-order valence-electron chi connectivity index (χ0n) is 16.4. The average molecular weight is 389 g/mol. The largest absolute Gasteiger partial charge is 0.462 e. The van der Waals surface area contributed by atoms with Gasteiger partial charge >= 0.3 is 5.97 Å². The molecule has 0 bridgehead atoms. The number of esters is 1. The molecule has 0 aliphatic heterocycles. The van der Waals surface area contributed by atoms with Crippen LogP contribution in [0.5, 0.6) is 0 Å². The van der Waals surface area contributed by atoms with E-state index in [0.717, 1.165) is 22.5 Å². The number of amides is 1. The summed E-state index contributed by atoms with van der Waals surface area (Å²) in [5.41, 5.74) is 4.52. The van der Waals surface area contributed by atoms with Crippen molar-refractivity contribution in [2.24, 2.45) is 0 Å². The molecule has 2 aromatic carbocycles. The molecule has 0 atom stereocenters. The highest BCUT2D eigenvalue weighted by Crippen LogP contribution is 2.18. The quantitative estimate of drug-likeness (QED) is 0.591. The fourth-order valence-electron chi connectivity index (χ4n) is 2.78. The van der Waals surface area contributed by atoms with Gasteiger partial charge in [-0.1, -0.05) is 24.3 Å². The molecule has 3 aromatic rings. The summed E-state index contributed by atoms with van der Waals surface area (Å²) in [6, 6.07) is 18.3. The molecule has 1 amide bonds. The number of carbonyl (C=O) groups excluding carboxylic acids is 2. The highest BCUT2D eigenvalue weighted by atomic mass is 16.5. The maximum atomic E-state index is 12.5. The fourth-order valence-corrected chi connectivity index (χ4v) is 2.78. The van der Waals surface area contributed by atoms with E-state index in [2.05, 4.69) is 15.6 Å². The number of pyridine rings is 1. The predicted octanol–water partition coefficient (Wildman–Crippen LogP) is 4.24. The third kappa shape index (κ3) is 5.42.